The van der Waals surface area contributed by atoms with Gasteiger partial charge in [0.1, 0.15) is 17.7 Å². The SMILES string of the molecule is CCC(CNC)Oc1ccc(C)c(F)c1. The third-order valence-corrected chi connectivity index (χ3v) is 2.33. The average molecular weight is 211 g/mol. The number of rotatable bonds is 5. The molecule has 1 unspecified atom stereocenters. The number of nitrogens with one attached hydrogen (secondary N) is 1. The molecule has 3 heteroatoms. The van der Waals surface area contributed by atoms with Gasteiger partial charge in [0, 0.05) is 12.6 Å². The van der Waals surface area contributed by atoms with Crippen molar-refractivity contribution >= 4 is 0 Å². The molecule has 0 saturated heterocycles. The Morgan fingerprint density at radius 2 is 2.20 bits per heavy atom. The monoisotopic (exact) mass is 211 g/mol. The summed E-state index contributed by atoms with van der Waals surface area (Å²) in [5, 5.41) is 3.05. The molecule has 1 N–H and O–H groups in total. The zero-order valence-electron chi connectivity index (χ0n) is 9.51. The van der Waals surface area contributed by atoms with Crippen molar-refractivity contribution in [1.82, 2.24) is 5.32 Å². The van der Waals surface area contributed by atoms with Crippen molar-refractivity contribution in [2.75, 3.05) is 13.6 Å². The van der Waals surface area contributed by atoms with E-state index < -0.39 is 0 Å². The standard InChI is InChI=1S/C12H18FNO/c1-4-10(8-14-3)15-11-6-5-9(2)12(13)7-11/h5-7,10,14H,4,8H2,1-3H3. The van der Waals surface area contributed by atoms with Crippen LogP contribution in [0.2, 0.25) is 0 Å². The molecule has 84 valence electrons. The second-order valence-electron chi connectivity index (χ2n) is 3.62. The van der Waals surface area contributed by atoms with Gasteiger partial charge in [-0.2, -0.15) is 0 Å². The molecule has 0 fully saturated rings. The lowest BCUT2D eigenvalue weighted by Gasteiger charge is -2.17. The number of ether oxygens (including phenoxy) is 1. The fourth-order valence-corrected chi connectivity index (χ4v) is 1.34. The van der Waals surface area contributed by atoms with Crippen LogP contribution in [0.3, 0.4) is 0 Å². The molecule has 1 rings (SSSR count). The van der Waals surface area contributed by atoms with Crippen molar-refractivity contribution in [3.63, 3.8) is 0 Å². The van der Waals surface area contributed by atoms with Crippen molar-refractivity contribution in [3.05, 3.63) is 29.6 Å². The summed E-state index contributed by atoms with van der Waals surface area (Å²) < 4.78 is 18.9. The zero-order chi connectivity index (χ0) is 11.3. The average Bonchev–Trinajstić information content (AvgIpc) is 2.23. The fraction of sp³-hybridized carbons (Fsp3) is 0.500. The molecule has 15 heavy (non-hydrogen) atoms. The van der Waals surface area contributed by atoms with Crippen molar-refractivity contribution < 1.29 is 9.13 Å². The van der Waals surface area contributed by atoms with Crippen LogP contribution in [-0.2, 0) is 0 Å². The van der Waals surface area contributed by atoms with Gasteiger partial charge in [0.2, 0.25) is 0 Å². The highest BCUT2D eigenvalue weighted by Crippen LogP contribution is 2.17. The fourth-order valence-electron chi connectivity index (χ4n) is 1.34. The van der Waals surface area contributed by atoms with Gasteiger partial charge in [0.25, 0.3) is 0 Å². The molecule has 0 bridgehead atoms. The molecule has 0 saturated carbocycles. The molecule has 0 radical (unpaired) electrons. The second kappa shape index (κ2) is 5.71. The predicted octanol–water partition coefficient (Wildman–Crippen LogP) is 2.51. The lowest BCUT2D eigenvalue weighted by Crippen LogP contribution is -2.28. The Balaban J connectivity index is 2.66. The van der Waals surface area contributed by atoms with Crippen LogP contribution >= 0.6 is 0 Å². The van der Waals surface area contributed by atoms with Gasteiger partial charge in [-0.3, -0.25) is 0 Å². The molecule has 1 aromatic carbocycles. The normalized spacial score (nSPS) is 12.5. The molecule has 0 aliphatic rings. The van der Waals surface area contributed by atoms with E-state index in [1.54, 1.807) is 19.1 Å². The minimum Gasteiger partial charge on any atom is -0.489 e. The van der Waals surface area contributed by atoms with Crippen LogP contribution in [0.5, 0.6) is 5.75 Å². The van der Waals surface area contributed by atoms with Crippen LogP contribution in [-0.4, -0.2) is 19.7 Å². The van der Waals surface area contributed by atoms with Crippen LogP contribution in [0, 0.1) is 12.7 Å². The highest BCUT2D eigenvalue weighted by atomic mass is 19.1. The highest BCUT2D eigenvalue weighted by Gasteiger charge is 2.07. The summed E-state index contributed by atoms with van der Waals surface area (Å²) in [5.41, 5.74) is 0.643. The van der Waals surface area contributed by atoms with Crippen molar-refractivity contribution in [1.29, 1.82) is 0 Å². The summed E-state index contributed by atoms with van der Waals surface area (Å²) in [5.74, 6) is 0.381. The minimum absolute atomic E-state index is 0.0945. The summed E-state index contributed by atoms with van der Waals surface area (Å²) in [4.78, 5) is 0. The quantitative estimate of drug-likeness (QED) is 0.808. The van der Waals surface area contributed by atoms with Crippen molar-refractivity contribution in [2.24, 2.45) is 0 Å². The molecule has 0 aromatic heterocycles. The molecular formula is C12H18FNO. The molecule has 0 aliphatic carbocycles. The number of benzene rings is 1. The van der Waals surface area contributed by atoms with Gasteiger partial charge in [-0.1, -0.05) is 13.0 Å². The summed E-state index contributed by atoms with van der Waals surface area (Å²) >= 11 is 0. The number of hydrogen-bond acceptors (Lipinski definition) is 2. The Hall–Kier alpha value is -1.09. The van der Waals surface area contributed by atoms with Crippen LogP contribution in [0.15, 0.2) is 18.2 Å². The van der Waals surface area contributed by atoms with E-state index in [-0.39, 0.29) is 11.9 Å². The van der Waals surface area contributed by atoms with Gasteiger partial charge >= 0.3 is 0 Å². The maximum atomic E-state index is 13.2. The van der Waals surface area contributed by atoms with Gasteiger partial charge in [0.15, 0.2) is 0 Å². The Labute approximate surface area is 90.4 Å². The third kappa shape index (κ3) is 3.51. The highest BCUT2D eigenvalue weighted by molar-refractivity contribution is 5.28. The molecule has 0 heterocycles. The smallest absolute Gasteiger partial charge is 0.129 e. The maximum absolute atomic E-state index is 13.2. The lowest BCUT2D eigenvalue weighted by atomic mass is 10.2. The van der Waals surface area contributed by atoms with Crippen LogP contribution in [0.4, 0.5) is 4.39 Å². The maximum Gasteiger partial charge on any atom is 0.129 e. The Bertz CT molecular complexity index is 314. The topological polar surface area (TPSA) is 21.3 Å². The third-order valence-electron chi connectivity index (χ3n) is 2.33. The van der Waals surface area contributed by atoms with E-state index >= 15 is 0 Å². The number of aryl methyl sites for hydroxylation is 1. The lowest BCUT2D eigenvalue weighted by molar-refractivity contribution is 0.195. The van der Waals surface area contributed by atoms with Gasteiger partial charge in [-0.15, -0.1) is 0 Å². The molecule has 1 atom stereocenters. The van der Waals surface area contributed by atoms with Crippen molar-refractivity contribution in [3.8, 4) is 5.75 Å². The summed E-state index contributed by atoms with van der Waals surface area (Å²) in [6.07, 6.45) is 0.994. The molecule has 2 nitrogen and oxygen atoms in total. The van der Waals surface area contributed by atoms with Gasteiger partial charge < -0.3 is 10.1 Å². The van der Waals surface area contributed by atoms with E-state index in [1.165, 1.54) is 6.07 Å². The first kappa shape index (κ1) is 12.0. The van der Waals surface area contributed by atoms with E-state index in [0.717, 1.165) is 13.0 Å². The van der Waals surface area contributed by atoms with Gasteiger partial charge in [0.05, 0.1) is 0 Å². The number of likely N-dealkylation sites (N-methyl/N-ethyl adjacent to an activating group) is 1. The molecule has 0 spiro atoms. The van der Waals surface area contributed by atoms with E-state index in [4.69, 9.17) is 4.74 Å². The molecule has 1 aromatic rings. The molecule has 0 amide bonds. The van der Waals surface area contributed by atoms with E-state index in [0.29, 0.717) is 11.3 Å². The minimum atomic E-state index is -0.216. The summed E-state index contributed by atoms with van der Waals surface area (Å²) in [7, 11) is 1.88. The number of hydrogen-bond donors (Lipinski definition) is 1. The van der Waals surface area contributed by atoms with E-state index in [2.05, 4.69) is 5.32 Å². The van der Waals surface area contributed by atoms with E-state index in [1.807, 2.05) is 14.0 Å². The Morgan fingerprint density at radius 3 is 2.73 bits per heavy atom. The van der Waals surface area contributed by atoms with Crippen LogP contribution < -0.4 is 10.1 Å². The van der Waals surface area contributed by atoms with E-state index in [9.17, 15) is 4.39 Å². The van der Waals surface area contributed by atoms with Gasteiger partial charge in [-0.25, -0.2) is 4.39 Å². The first-order chi connectivity index (χ1) is 7.17. The van der Waals surface area contributed by atoms with Crippen LogP contribution in [0.1, 0.15) is 18.9 Å². The summed E-state index contributed by atoms with van der Waals surface area (Å²) in [6.45, 7) is 4.56. The van der Waals surface area contributed by atoms with Crippen LogP contribution in [0.25, 0.3) is 0 Å². The Morgan fingerprint density at radius 1 is 1.47 bits per heavy atom. The Kier molecular flexibility index (Phi) is 4.56. The van der Waals surface area contributed by atoms with Gasteiger partial charge in [-0.05, 0) is 32.0 Å². The zero-order valence-corrected chi connectivity index (χ0v) is 9.51. The van der Waals surface area contributed by atoms with Crippen molar-refractivity contribution in [2.45, 2.75) is 26.4 Å². The second-order valence-corrected chi connectivity index (χ2v) is 3.62. The largest absolute Gasteiger partial charge is 0.489 e. The number of halogens is 1. The predicted molar refractivity (Wildman–Crippen MR) is 59.8 cm³/mol. The molecule has 0 aliphatic heterocycles. The first-order valence-electron chi connectivity index (χ1n) is 5.24. The molecular weight excluding hydrogens is 193 g/mol. The summed E-state index contributed by atoms with van der Waals surface area (Å²) in [6, 6.07) is 4.97. The first-order valence-corrected chi connectivity index (χ1v) is 5.24.